The molecule has 0 saturated carbocycles. The number of rotatable bonds is 5. The first-order chi connectivity index (χ1) is 4.66. The molecule has 0 fully saturated rings. The average molecular weight is 151 g/mol. The Kier molecular flexibility index (Phi) is 5.49. The van der Waals surface area contributed by atoms with Gasteiger partial charge in [0.05, 0.1) is 6.10 Å². The lowest BCUT2D eigenvalue weighted by molar-refractivity contribution is -0.0602. The summed E-state index contributed by atoms with van der Waals surface area (Å²) in [5, 5.41) is 0. The summed E-state index contributed by atoms with van der Waals surface area (Å²) in [4.78, 5) is 0. The van der Waals surface area contributed by atoms with Crippen LogP contribution in [0.15, 0.2) is 0 Å². The highest BCUT2D eigenvalue weighted by molar-refractivity contribution is 4.52. The van der Waals surface area contributed by atoms with E-state index < -0.39 is 6.61 Å². The molecule has 1 radical (unpaired) electrons. The second kappa shape index (κ2) is 5.59. The molecular weight excluding hydrogens is 138 g/mol. The maximum atomic E-state index is 11.4. The molecule has 0 aromatic heterocycles. The molecule has 0 aliphatic heterocycles. The summed E-state index contributed by atoms with van der Waals surface area (Å²) in [5.74, 6) is 0. The largest absolute Gasteiger partial charge is 0.448 e. The van der Waals surface area contributed by atoms with E-state index in [2.05, 4.69) is 4.74 Å². The molecule has 1 nitrogen and oxygen atoms in total. The Hall–Kier alpha value is -0.180. The van der Waals surface area contributed by atoms with Crippen molar-refractivity contribution in [1.82, 2.24) is 0 Å². The van der Waals surface area contributed by atoms with Crippen LogP contribution in [0.1, 0.15) is 33.1 Å². The van der Waals surface area contributed by atoms with Crippen LogP contribution in [0.25, 0.3) is 0 Å². The van der Waals surface area contributed by atoms with E-state index >= 15 is 0 Å². The fourth-order valence-corrected chi connectivity index (χ4v) is 0.703. The van der Waals surface area contributed by atoms with Gasteiger partial charge in [-0.25, -0.2) is 0 Å². The minimum absolute atomic E-state index is 0.343. The molecule has 61 valence electrons. The highest BCUT2D eigenvalue weighted by Gasteiger charge is 2.11. The highest BCUT2D eigenvalue weighted by Crippen LogP contribution is 2.12. The number of unbranched alkanes of at least 4 members (excludes halogenated alkanes) is 1. The zero-order chi connectivity index (χ0) is 7.98. The van der Waals surface area contributed by atoms with Gasteiger partial charge in [0.25, 0.3) is 0 Å². The highest BCUT2D eigenvalue weighted by atomic mass is 19.3. The Bertz CT molecular complexity index is 76.0. The van der Waals surface area contributed by atoms with E-state index in [9.17, 15) is 8.78 Å². The molecule has 3 heteroatoms. The van der Waals surface area contributed by atoms with E-state index in [0.717, 1.165) is 12.8 Å². The summed E-state index contributed by atoms with van der Waals surface area (Å²) in [5.41, 5.74) is 0. The molecule has 0 heterocycles. The van der Waals surface area contributed by atoms with Gasteiger partial charge in [0.1, 0.15) is 0 Å². The first-order valence-electron chi connectivity index (χ1n) is 3.51. The third-order valence-electron chi connectivity index (χ3n) is 1.25. The molecule has 1 atom stereocenters. The minimum atomic E-state index is -1.93. The molecule has 0 aliphatic carbocycles. The molecule has 0 saturated heterocycles. The zero-order valence-electron chi connectivity index (χ0n) is 6.36. The number of hydrogen-bond acceptors (Lipinski definition) is 1. The second-order valence-corrected chi connectivity index (χ2v) is 2.30. The molecule has 1 unspecified atom stereocenters. The van der Waals surface area contributed by atoms with Crippen LogP contribution in [-0.4, -0.2) is 6.10 Å². The summed E-state index contributed by atoms with van der Waals surface area (Å²) >= 11 is 0. The van der Waals surface area contributed by atoms with Crippen LogP contribution in [0.2, 0.25) is 0 Å². The van der Waals surface area contributed by atoms with Gasteiger partial charge in [-0.2, -0.15) is 8.78 Å². The summed E-state index contributed by atoms with van der Waals surface area (Å²) < 4.78 is 26.9. The van der Waals surface area contributed by atoms with Gasteiger partial charge >= 0.3 is 6.61 Å². The topological polar surface area (TPSA) is 9.23 Å². The first-order valence-corrected chi connectivity index (χ1v) is 3.51. The molecular formula is C7H13F2O. The maximum Gasteiger partial charge on any atom is 0.448 e. The lowest BCUT2D eigenvalue weighted by atomic mass is 10.2. The summed E-state index contributed by atoms with van der Waals surface area (Å²) in [6.45, 7) is 1.74. The molecule has 0 bridgehead atoms. The predicted octanol–water partition coefficient (Wildman–Crippen LogP) is 2.97. The monoisotopic (exact) mass is 151 g/mol. The van der Waals surface area contributed by atoms with Crippen molar-refractivity contribution in [3.63, 3.8) is 0 Å². The van der Waals surface area contributed by atoms with E-state index in [4.69, 9.17) is 0 Å². The van der Waals surface area contributed by atoms with Crippen LogP contribution in [0, 0.1) is 6.61 Å². The molecule has 0 aromatic carbocycles. The Morgan fingerprint density at radius 3 is 2.50 bits per heavy atom. The first kappa shape index (κ1) is 9.82. The SMILES string of the molecule is CCCCC(C)O[C](F)F. The third kappa shape index (κ3) is 5.95. The van der Waals surface area contributed by atoms with Gasteiger partial charge in [0, 0.05) is 0 Å². The minimum Gasteiger partial charge on any atom is -0.310 e. The van der Waals surface area contributed by atoms with E-state index in [1.807, 2.05) is 6.92 Å². The fourth-order valence-electron chi connectivity index (χ4n) is 0.703. The third-order valence-corrected chi connectivity index (χ3v) is 1.25. The lowest BCUT2D eigenvalue weighted by Crippen LogP contribution is -2.07. The van der Waals surface area contributed by atoms with E-state index in [1.165, 1.54) is 0 Å². The summed E-state index contributed by atoms with van der Waals surface area (Å²) in [6, 6.07) is 0. The van der Waals surface area contributed by atoms with Crippen molar-refractivity contribution in [3.8, 4) is 0 Å². The standard InChI is InChI=1S/C7H13F2O/c1-3-4-5-6(2)10-7(8)9/h6H,3-5H2,1-2H3. The van der Waals surface area contributed by atoms with Crippen molar-refractivity contribution in [2.75, 3.05) is 0 Å². The smallest absolute Gasteiger partial charge is 0.310 e. The van der Waals surface area contributed by atoms with Crippen LogP contribution >= 0.6 is 0 Å². The average Bonchev–Trinajstić information content (AvgIpc) is 1.82. The van der Waals surface area contributed by atoms with Crippen LogP contribution in [-0.2, 0) is 4.74 Å². The Morgan fingerprint density at radius 2 is 2.10 bits per heavy atom. The van der Waals surface area contributed by atoms with Gasteiger partial charge in [0.15, 0.2) is 0 Å². The van der Waals surface area contributed by atoms with E-state index in [1.54, 1.807) is 6.92 Å². The Balaban J connectivity index is 3.16. The predicted molar refractivity (Wildman–Crippen MR) is 35.5 cm³/mol. The summed E-state index contributed by atoms with van der Waals surface area (Å²) in [6.07, 6.45) is 2.31. The van der Waals surface area contributed by atoms with Crippen molar-refractivity contribution in [2.24, 2.45) is 0 Å². The van der Waals surface area contributed by atoms with Gasteiger partial charge in [0.2, 0.25) is 0 Å². The van der Waals surface area contributed by atoms with E-state index in [-0.39, 0.29) is 6.10 Å². The van der Waals surface area contributed by atoms with Crippen molar-refractivity contribution in [1.29, 1.82) is 0 Å². The number of ether oxygens (including phenoxy) is 1. The molecule has 0 amide bonds. The quantitative estimate of drug-likeness (QED) is 0.587. The summed E-state index contributed by atoms with van der Waals surface area (Å²) in [7, 11) is 0. The van der Waals surface area contributed by atoms with Gasteiger partial charge < -0.3 is 4.74 Å². The molecule has 10 heavy (non-hydrogen) atoms. The van der Waals surface area contributed by atoms with Crippen LogP contribution in [0.3, 0.4) is 0 Å². The molecule has 0 rings (SSSR count). The zero-order valence-corrected chi connectivity index (χ0v) is 6.36. The van der Waals surface area contributed by atoms with Crippen molar-refractivity contribution in [2.45, 2.75) is 39.2 Å². The van der Waals surface area contributed by atoms with Crippen LogP contribution in [0.5, 0.6) is 0 Å². The fraction of sp³-hybridized carbons (Fsp3) is 0.857. The molecule has 0 N–H and O–H groups in total. The van der Waals surface area contributed by atoms with Crippen LogP contribution < -0.4 is 0 Å². The molecule has 0 aliphatic rings. The normalized spacial score (nSPS) is 14.1. The second-order valence-electron chi connectivity index (χ2n) is 2.30. The van der Waals surface area contributed by atoms with Gasteiger partial charge in [-0.15, -0.1) is 0 Å². The molecule has 0 aromatic rings. The molecule has 0 spiro atoms. The van der Waals surface area contributed by atoms with E-state index in [0.29, 0.717) is 6.42 Å². The van der Waals surface area contributed by atoms with Gasteiger partial charge in [-0.3, -0.25) is 0 Å². The van der Waals surface area contributed by atoms with Gasteiger partial charge in [-0.1, -0.05) is 19.8 Å². The van der Waals surface area contributed by atoms with Crippen molar-refractivity contribution < 1.29 is 13.5 Å². The van der Waals surface area contributed by atoms with Crippen LogP contribution in [0.4, 0.5) is 8.78 Å². The maximum absolute atomic E-state index is 11.4. The van der Waals surface area contributed by atoms with Crippen molar-refractivity contribution in [3.05, 3.63) is 6.61 Å². The lowest BCUT2D eigenvalue weighted by Gasteiger charge is -2.08. The van der Waals surface area contributed by atoms with Gasteiger partial charge in [-0.05, 0) is 13.3 Å². The van der Waals surface area contributed by atoms with Crippen molar-refractivity contribution >= 4 is 0 Å². The Labute approximate surface area is 60.4 Å². The number of hydrogen-bond donors (Lipinski definition) is 0. The number of halogens is 2. The Morgan fingerprint density at radius 1 is 1.50 bits per heavy atom.